The van der Waals surface area contributed by atoms with Gasteiger partial charge < -0.3 is 9.53 Å². The maximum atomic E-state index is 11.4. The number of rotatable bonds is 3. The van der Waals surface area contributed by atoms with Gasteiger partial charge in [-0.15, -0.1) is 0 Å². The first-order valence-corrected chi connectivity index (χ1v) is 6.93. The lowest BCUT2D eigenvalue weighted by molar-refractivity contribution is -0.126. The fraction of sp³-hybridized carbons (Fsp3) is 0.929. The van der Waals surface area contributed by atoms with E-state index in [2.05, 4.69) is 18.7 Å². The number of carbonyl (C=O) groups excluding carboxylic acids is 1. The van der Waals surface area contributed by atoms with E-state index < -0.39 is 0 Å². The van der Waals surface area contributed by atoms with Crippen LogP contribution in [-0.2, 0) is 9.53 Å². The minimum absolute atomic E-state index is 0.229. The van der Waals surface area contributed by atoms with Gasteiger partial charge in [0.25, 0.3) is 0 Å². The summed E-state index contributed by atoms with van der Waals surface area (Å²) in [5.41, 5.74) is -0.229. The highest BCUT2D eigenvalue weighted by Gasteiger charge is 2.36. The molecule has 0 radical (unpaired) electrons. The largest absolute Gasteiger partial charge is 0.380 e. The van der Waals surface area contributed by atoms with Crippen molar-refractivity contribution in [2.45, 2.75) is 45.6 Å². The Kier molecular flexibility index (Phi) is 4.21. The molecular weight excluding hydrogens is 214 g/mol. The van der Waals surface area contributed by atoms with Crippen LogP contribution in [0.3, 0.4) is 0 Å². The van der Waals surface area contributed by atoms with Gasteiger partial charge in [0.2, 0.25) is 0 Å². The molecule has 2 aliphatic rings. The summed E-state index contributed by atoms with van der Waals surface area (Å²) in [6, 6.07) is 0.609. The highest BCUT2D eigenvalue weighted by molar-refractivity contribution is 5.60. The van der Waals surface area contributed by atoms with Crippen molar-refractivity contribution in [1.29, 1.82) is 0 Å². The average Bonchev–Trinajstić information content (AvgIpc) is 2.34. The van der Waals surface area contributed by atoms with E-state index in [9.17, 15) is 4.79 Å². The number of hydrogen-bond acceptors (Lipinski definition) is 3. The van der Waals surface area contributed by atoms with Crippen LogP contribution in [0.25, 0.3) is 0 Å². The number of piperidine rings is 1. The zero-order valence-electron chi connectivity index (χ0n) is 11.2. The summed E-state index contributed by atoms with van der Waals surface area (Å²) in [6.07, 6.45) is 5.69. The first-order chi connectivity index (χ1) is 8.15. The lowest BCUT2D eigenvalue weighted by atomic mass is 9.82. The first-order valence-electron chi connectivity index (χ1n) is 6.93. The van der Waals surface area contributed by atoms with Crippen LogP contribution < -0.4 is 0 Å². The Balaban J connectivity index is 1.96. The summed E-state index contributed by atoms with van der Waals surface area (Å²) in [5, 5.41) is 0. The topological polar surface area (TPSA) is 29.5 Å². The highest BCUT2D eigenvalue weighted by atomic mass is 16.5. The third-order valence-corrected chi connectivity index (χ3v) is 4.40. The average molecular weight is 239 g/mol. The van der Waals surface area contributed by atoms with Crippen LogP contribution in [0.1, 0.15) is 39.5 Å². The maximum absolute atomic E-state index is 11.4. The van der Waals surface area contributed by atoms with Gasteiger partial charge in [-0.2, -0.15) is 0 Å². The molecule has 0 amide bonds. The third kappa shape index (κ3) is 3.08. The maximum Gasteiger partial charge on any atom is 0.129 e. The molecule has 0 bridgehead atoms. The van der Waals surface area contributed by atoms with Crippen molar-refractivity contribution in [3.05, 3.63) is 0 Å². The summed E-state index contributed by atoms with van der Waals surface area (Å²) >= 11 is 0. The van der Waals surface area contributed by atoms with E-state index in [1.807, 2.05) is 0 Å². The minimum atomic E-state index is -0.229. The molecule has 2 aliphatic heterocycles. The molecule has 0 aromatic carbocycles. The molecular formula is C14H25NO2. The van der Waals surface area contributed by atoms with Crippen molar-refractivity contribution < 1.29 is 9.53 Å². The Morgan fingerprint density at radius 1 is 1.47 bits per heavy atom. The SMILES string of the molecule is CC1CCN(CC2(C=O)CCCOC2)C(C)C1. The summed E-state index contributed by atoms with van der Waals surface area (Å²) in [4.78, 5) is 13.9. The molecule has 2 rings (SSSR count). The molecule has 2 fully saturated rings. The smallest absolute Gasteiger partial charge is 0.129 e. The molecule has 0 aliphatic carbocycles. The van der Waals surface area contributed by atoms with Crippen molar-refractivity contribution in [2.24, 2.45) is 11.3 Å². The first kappa shape index (κ1) is 13.0. The van der Waals surface area contributed by atoms with E-state index in [0.29, 0.717) is 12.6 Å². The Bertz CT molecular complexity index is 261. The van der Waals surface area contributed by atoms with Crippen LogP contribution in [0.2, 0.25) is 0 Å². The van der Waals surface area contributed by atoms with Crippen LogP contribution in [0.15, 0.2) is 0 Å². The standard InChI is InChI=1S/C14H25NO2/c1-12-4-6-15(13(2)8-12)9-14(10-16)5-3-7-17-11-14/h10,12-13H,3-9,11H2,1-2H3. The third-order valence-electron chi connectivity index (χ3n) is 4.40. The van der Waals surface area contributed by atoms with Crippen molar-refractivity contribution in [3.8, 4) is 0 Å². The van der Waals surface area contributed by atoms with Gasteiger partial charge in [0, 0.05) is 19.2 Å². The molecule has 98 valence electrons. The highest BCUT2D eigenvalue weighted by Crippen LogP contribution is 2.31. The van der Waals surface area contributed by atoms with Crippen LogP contribution >= 0.6 is 0 Å². The summed E-state index contributed by atoms with van der Waals surface area (Å²) in [6.45, 7) is 8.09. The van der Waals surface area contributed by atoms with E-state index in [1.54, 1.807) is 0 Å². The lowest BCUT2D eigenvalue weighted by Gasteiger charge is -2.42. The molecule has 0 aromatic heterocycles. The number of likely N-dealkylation sites (tertiary alicyclic amines) is 1. The monoisotopic (exact) mass is 239 g/mol. The predicted molar refractivity (Wildman–Crippen MR) is 68.0 cm³/mol. The zero-order chi connectivity index (χ0) is 12.3. The van der Waals surface area contributed by atoms with Gasteiger partial charge in [0.15, 0.2) is 0 Å². The Morgan fingerprint density at radius 2 is 2.29 bits per heavy atom. The normalized spacial score (nSPS) is 40.1. The fourth-order valence-corrected chi connectivity index (χ4v) is 3.22. The second-order valence-corrected chi connectivity index (χ2v) is 6.09. The molecule has 0 spiro atoms. The molecule has 3 heteroatoms. The van der Waals surface area contributed by atoms with Gasteiger partial charge in [-0.25, -0.2) is 0 Å². The van der Waals surface area contributed by atoms with Gasteiger partial charge in [0.1, 0.15) is 6.29 Å². The molecule has 0 N–H and O–H groups in total. The summed E-state index contributed by atoms with van der Waals surface area (Å²) < 4.78 is 5.52. The molecule has 0 saturated carbocycles. The van der Waals surface area contributed by atoms with E-state index >= 15 is 0 Å². The lowest BCUT2D eigenvalue weighted by Crippen LogP contribution is -2.49. The van der Waals surface area contributed by atoms with E-state index in [1.165, 1.54) is 12.8 Å². The number of hydrogen-bond donors (Lipinski definition) is 0. The fourth-order valence-electron chi connectivity index (χ4n) is 3.22. The predicted octanol–water partition coefficient (Wildman–Crippen LogP) is 2.10. The second kappa shape index (κ2) is 5.49. The summed E-state index contributed by atoms with van der Waals surface area (Å²) in [5.74, 6) is 0.830. The number of nitrogens with zero attached hydrogens (tertiary/aromatic N) is 1. The van der Waals surface area contributed by atoms with E-state index in [-0.39, 0.29) is 5.41 Å². The van der Waals surface area contributed by atoms with Gasteiger partial charge in [-0.1, -0.05) is 6.92 Å². The number of carbonyl (C=O) groups is 1. The molecule has 17 heavy (non-hydrogen) atoms. The molecule has 3 nitrogen and oxygen atoms in total. The molecule has 3 atom stereocenters. The van der Waals surface area contributed by atoms with Crippen molar-refractivity contribution in [2.75, 3.05) is 26.3 Å². The van der Waals surface area contributed by atoms with Crippen LogP contribution in [0.5, 0.6) is 0 Å². The second-order valence-electron chi connectivity index (χ2n) is 6.09. The molecule has 2 saturated heterocycles. The van der Waals surface area contributed by atoms with Crippen molar-refractivity contribution in [1.82, 2.24) is 4.90 Å². The van der Waals surface area contributed by atoms with E-state index in [0.717, 1.165) is 44.7 Å². The number of ether oxygens (including phenoxy) is 1. The number of aldehydes is 1. The van der Waals surface area contributed by atoms with Crippen LogP contribution in [0, 0.1) is 11.3 Å². The van der Waals surface area contributed by atoms with Gasteiger partial charge in [-0.05, 0) is 45.1 Å². The van der Waals surface area contributed by atoms with Crippen LogP contribution in [0.4, 0.5) is 0 Å². The Morgan fingerprint density at radius 3 is 2.88 bits per heavy atom. The molecule has 2 heterocycles. The van der Waals surface area contributed by atoms with Gasteiger partial charge in [-0.3, -0.25) is 4.90 Å². The Hall–Kier alpha value is -0.410. The van der Waals surface area contributed by atoms with Crippen LogP contribution in [-0.4, -0.2) is 43.5 Å². The quantitative estimate of drug-likeness (QED) is 0.706. The molecule has 0 aromatic rings. The minimum Gasteiger partial charge on any atom is -0.380 e. The Labute approximate surface area is 105 Å². The van der Waals surface area contributed by atoms with E-state index in [4.69, 9.17) is 4.74 Å². The van der Waals surface area contributed by atoms with Gasteiger partial charge >= 0.3 is 0 Å². The van der Waals surface area contributed by atoms with Gasteiger partial charge in [0.05, 0.1) is 12.0 Å². The zero-order valence-corrected chi connectivity index (χ0v) is 11.2. The summed E-state index contributed by atoms with van der Waals surface area (Å²) in [7, 11) is 0. The van der Waals surface area contributed by atoms with Crippen molar-refractivity contribution >= 4 is 6.29 Å². The van der Waals surface area contributed by atoms with Crippen molar-refractivity contribution in [3.63, 3.8) is 0 Å². The molecule has 3 unspecified atom stereocenters.